The Morgan fingerprint density at radius 3 is 2.42 bits per heavy atom. The smallest absolute Gasteiger partial charge is 0.416 e. The molecule has 1 aliphatic rings. The van der Waals surface area contributed by atoms with Crippen LogP contribution in [0, 0.1) is 0 Å². The third-order valence-electron chi connectivity index (χ3n) is 3.81. The zero-order chi connectivity index (χ0) is 17.7. The van der Waals surface area contributed by atoms with Crippen LogP contribution in [0.1, 0.15) is 16.7 Å². The monoisotopic (exact) mass is 359 g/mol. The summed E-state index contributed by atoms with van der Waals surface area (Å²) in [5.41, 5.74) is -4.22. The van der Waals surface area contributed by atoms with Crippen LogP contribution < -0.4 is 10.1 Å². The summed E-state index contributed by atoms with van der Waals surface area (Å²) in [6, 6.07) is 6.36. The number of amides is 1. The summed E-state index contributed by atoms with van der Waals surface area (Å²) in [5.74, 6) is -1.06. The van der Waals surface area contributed by atoms with E-state index in [0.717, 1.165) is 12.1 Å². The molecular weight excluding hydrogens is 350 g/mol. The number of anilines is 1. The van der Waals surface area contributed by atoms with Crippen molar-refractivity contribution in [1.82, 2.24) is 0 Å². The molecule has 0 bridgehead atoms. The highest BCUT2D eigenvalue weighted by molar-refractivity contribution is 6.30. The van der Waals surface area contributed by atoms with Gasteiger partial charge < -0.3 is 10.1 Å². The molecular formula is C16H10ClF4NO2. The van der Waals surface area contributed by atoms with Gasteiger partial charge in [0.2, 0.25) is 5.67 Å². The number of benzene rings is 2. The zero-order valence-corrected chi connectivity index (χ0v) is 12.9. The first kappa shape index (κ1) is 16.6. The highest BCUT2D eigenvalue weighted by Gasteiger charge is 2.51. The Kier molecular flexibility index (Phi) is 3.71. The molecule has 24 heavy (non-hydrogen) atoms. The molecule has 1 N–H and O–H groups in total. The minimum absolute atomic E-state index is 0.0212. The molecule has 0 saturated heterocycles. The van der Waals surface area contributed by atoms with Gasteiger partial charge in [-0.2, -0.15) is 13.2 Å². The molecule has 0 spiro atoms. The standard InChI is InChI=1S/C16H10ClF4NO2/c1-24-13-7-9(17)3-5-11(13)15(18)10-4-2-8(16(19,20)21)6-12(10)22-14(15)23/h2-7H,1H3,(H,22,23)/t15-/m0/s1. The van der Waals surface area contributed by atoms with Gasteiger partial charge in [-0.3, -0.25) is 4.79 Å². The summed E-state index contributed by atoms with van der Waals surface area (Å²) in [4.78, 5) is 12.2. The Balaban J connectivity index is 2.19. The number of rotatable bonds is 2. The van der Waals surface area contributed by atoms with Crippen molar-refractivity contribution in [3.05, 3.63) is 58.1 Å². The van der Waals surface area contributed by atoms with Crippen molar-refractivity contribution in [2.24, 2.45) is 0 Å². The minimum Gasteiger partial charge on any atom is -0.496 e. The van der Waals surface area contributed by atoms with Crippen molar-refractivity contribution in [3.63, 3.8) is 0 Å². The SMILES string of the molecule is COc1cc(Cl)ccc1[C@]1(F)C(=O)Nc2cc(C(F)(F)F)ccc21. The number of hydrogen-bond donors (Lipinski definition) is 1. The number of carbonyl (C=O) groups is 1. The summed E-state index contributed by atoms with van der Waals surface area (Å²) in [6.45, 7) is 0. The Labute approximate surface area is 139 Å². The molecule has 126 valence electrons. The van der Waals surface area contributed by atoms with E-state index in [2.05, 4.69) is 5.32 Å². The fraction of sp³-hybridized carbons (Fsp3) is 0.188. The summed E-state index contributed by atoms with van der Waals surface area (Å²) in [5, 5.41) is 2.43. The molecule has 3 rings (SSSR count). The molecule has 0 fully saturated rings. The molecule has 3 nitrogen and oxygen atoms in total. The number of fused-ring (bicyclic) bond motifs is 1. The van der Waals surface area contributed by atoms with E-state index >= 15 is 4.39 Å². The molecule has 1 amide bonds. The van der Waals surface area contributed by atoms with Gasteiger partial charge in [-0.1, -0.05) is 17.7 Å². The van der Waals surface area contributed by atoms with E-state index in [1.54, 1.807) is 0 Å². The van der Waals surface area contributed by atoms with E-state index in [4.69, 9.17) is 16.3 Å². The zero-order valence-electron chi connectivity index (χ0n) is 12.2. The van der Waals surface area contributed by atoms with Crippen molar-refractivity contribution in [1.29, 1.82) is 0 Å². The van der Waals surface area contributed by atoms with E-state index in [0.29, 0.717) is 6.07 Å². The van der Waals surface area contributed by atoms with Crippen molar-refractivity contribution in [2.75, 3.05) is 12.4 Å². The van der Waals surface area contributed by atoms with Gasteiger partial charge in [-0.15, -0.1) is 0 Å². The number of halogens is 5. The molecule has 0 radical (unpaired) electrons. The van der Waals surface area contributed by atoms with Gasteiger partial charge in [0.25, 0.3) is 5.91 Å². The lowest BCUT2D eigenvalue weighted by atomic mass is 9.88. The van der Waals surface area contributed by atoms with Gasteiger partial charge in [-0.05, 0) is 30.3 Å². The number of methoxy groups -OCH3 is 1. The van der Waals surface area contributed by atoms with E-state index < -0.39 is 23.3 Å². The average Bonchev–Trinajstić information content (AvgIpc) is 2.77. The highest BCUT2D eigenvalue weighted by atomic mass is 35.5. The Morgan fingerprint density at radius 1 is 1.12 bits per heavy atom. The number of nitrogens with one attached hydrogen (secondary N) is 1. The Morgan fingerprint density at radius 2 is 1.79 bits per heavy atom. The first-order valence-corrected chi connectivity index (χ1v) is 7.12. The Hall–Kier alpha value is -2.28. The first-order valence-electron chi connectivity index (χ1n) is 6.74. The maximum atomic E-state index is 15.6. The summed E-state index contributed by atoms with van der Waals surface area (Å²) >= 11 is 5.83. The lowest BCUT2D eigenvalue weighted by molar-refractivity contribution is -0.137. The van der Waals surface area contributed by atoms with Crippen LogP contribution in [0.25, 0.3) is 0 Å². The highest BCUT2D eigenvalue weighted by Crippen LogP contribution is 2.48. The summed E-state index contributed by atoms with van der Waals surface area (Å²) in [7, 11) is 1.28. The molecule has 0 aliphatic carbocycles. The normalized spacial score (nSPS) is 19.8. The molecule has 2 aromatic carbocycles. The Bertz CT molecular complexity index is 837. The van der Waals surface area contributed by atoms with Gasteiger partial charge in [0.1, 0.15) is 5.75 Å². The van der Waals surface area contributed by atoms with Crippen molar-refractivity contribution in [2.45, 2.75) is 11.8 Å². The van der Waals surface area contributed by atoms with E-state index in [-0.39, 0.29) is 27.6 Å². The van der Waals surface area contributed by atoms with Crippen LogP contribution in [0.15, 0.2) is 36.4 Å². The summed E-state index contributed by atoms with van der Waals surface area (Å²) in [6.07, 6.45) is -4.60. The number of hydrogen-bond acceptors (Lipinski definition) is 2. The molecule has 1 heterocycles. The van der Waals surface area contributed by atoms with Gasteiger partial charge in [0.15, 0.2) is 0 Å². The fourth-order valence-electron chi connectivity index (χ4n) is 2.67. The first-order chi connectivity index (χ1) is 11.2. The van der Waals surface area contributed by atoms with Gasteiger partial charge in [0, 0.05) is 21.8 Å². The van der Waals surface area contributed by atoms with Crippen LogP contribution in [-0.2, 0) is 16.6 Å². The van der Waals surface area contributed by atoms with Crippen molar-refractivity contribution < 1.29 is 27.1 Å². The number of carbonyl (C=O) groups excluding carboxylic acids is 1. The third-order valence-corrected chi connectivity index (χ3v) is 4.05. The quantitative estimate of drug-likeness (QED) is 0.800. The van der Waals surface area contributed by atoms with E-state index in [9.17, 15) is 18.0 Å². The van der Waals surface area contributed by atoms with E-state index in [1.165, 1.54) is 25.3 Å². The van der Waals surface area contributed by atoms with Crippen LogP contribution in [0.5, 0.6) is 5.75 Å². The second kappa shape index (κ2) is 5.37. The van der Waals surface area contributed by atoms with Crippen LogP contribution in [0.3, 0.4) is 0 Å². The molecule has 0 aromatic heterocycles. The predicted octanol–water partition coefficient (Wildman–Crippen LogP) is 4.53. The molecule has 0 saturated carbocycles. The van der Waals surface area contributed by atoms with E-state index in [1.807, 2.05) is 0 Å². The topological polar surface area (TPSA) is 38.3 Å². The van der Waals surface area contributed by atoms with Crippen LogP contribution >= 0.6 is 11.6 Å². The predicted molar refractivity (Wildman–Crippen MR) is 80.0 cm³/mol. The van der Waals surface area contributed by atoms with Gasteiger partial charge in [0.05, 0.1) is 12.7 Å². The number of ether oxygens (including phenoxy) is 1. The van der Waals surface area contributed by atoms with Gasteiger partial charge in [-0.25, -0.2) is 4.39 Å². The minimum atomic E-state index is -4.60. The third kappa shape index (κ3) is 2.39. The average molecular weight is 360 g/mol. The maximum absolute atomic E-state index is 15.6. The fourth-order valence-corrected chi connectivity index (χ4v) is 2.83. The molecule has 8 heteroatoms. The van der Waals surface area contributed by atoms with Crippen molar-refractivity contribution in [3.8, 4) is 5.75 Å². The lowest BCUT2D eigenvalue weighted by Crippen LogP contribution is -2.31. The second-order valence-corrected chi connectivity index (χ2v) is 5.65. The molecule has 1 aliphatic heterocycles. The maximum Gasteiger partial charge on any atom is 0.416 e. The van der Waals surface area contributed by atoms with Crippen molar-refractivity contribution >= 4 is 23.2 Å². The van der Waals surface area contributed by atoms with Crippen LogP contribution in [0.2, 0.25) is 5.02 Å². The molecule has 0 unspecified atom stereocenters. The largest absolute Gasteiger partial charge is 0.496 e. The summed E-state index contributed by atoms with van der Waals surface area (Å²) < 4.78 is 59.1. The van der Waals surface area contributed by atoms with Crippen LogP contribution in [0.4, 0.5) is 23.2 Å². The van der Waals surface area contributed by atoms with Gasteiger partial charge >= 0.3 is 6.18 Å². The molecule has 2 aromatic rings. The number of alkyl halides is 4. The second-order valence-electron chi connectivity index (χ2n) is 5.22. The van der Waals surface area contributed by atoms with Crippen LogP contribution in [-0.4, -0.2) is 13.0 Å². The molecule has 1 atom stereocenters. The lowest BCUT2D eigenvalue weighted by Gasteiger charge is -2.21.